The number of halogens is 1. The molecule has 2 aromatic carbocycles. The minimum Gasteiger partial charge on any atom is -0.366 e. The molecule has 0 atom stereocenters. The van der Waals surface area contributed by atoms with Gasteiger partial charge in [0.05, 0.1) is 11.1 Å². The predicted octanol–water partition coefficient (Wildman–Crippen LogP) is 3.70. The molecule has 1 amide bonds. The molecular weight excluding hydrogens is 345 g/mol. The van der Waals surface area contributed by atoms with E-state index in [0.717, 1.165) is 11.1 Å². The Bertz CT molecular complexity index is 1180. The summed E-state index contributed by atoms with van der Waals surface area (Å²) in [6.07, 6.45) is 3.20. The predicted molar refractivity (Wildman–Crippen MR) is 99.9 cm³/mol. The van der Waals surface area contributed by atoms with Gasteiger partial charge < -0.3 is 10.7 Å². The highest BCUT2D eigenvalue weighted by molar-refractivity contribution is 6.17. The number of carbonyl (C=O) groups is 2. The number of nitrogens with one attached hydrogen (secondary N) is 1. The molecule has 5 nitrogen and oxygen atoms in total. The number of pyridine rings is 1. The molecule has 3 N–H and O–H groups in total. The topological polar surface area (TPSA) is 88.8 Å². The number of H-pyrrole nitrogens is 1. The summed E-state index contributed by atoms with van der Waals surface area (Å²) in [5, 5.41) is 0.574. The lowest BCUT2D eigenvalue weighted by atomic mass is 9.99. The molecule has 6 heteroatoms. The van der Waals surface area contributed by atoms with Crippen LogP contribution in [0.5, 0.6) is 0 Å². The summed E-state index contributed by atoms with van der Waals surface area (Å²) in [5.41, 5.74) is 7.22. The molecule has 4 rings (SSSR count). The van der Waals surface area contributed by atoms with Gasteiger partial charge in [-0.1, -0.05) is 36.4 Å². The standard InChI is InChI=1S/C21H14FN3O2/c22-18-14(7-4-8-15(18)20(23)27)19(26)17-11-25-21-16(17)9-13(10-24-21)12-5-2-1-3-6-12/h1-11H,(H2,23,27)(H,24,25). The zero-order valence-corrected chi connectivity index (χ0v) is 14.1. The van der Waals surface area contributed by atoms with Crippen LogP contribution in [0.25, 0.3) is 22.2 Å². The second-order valence-corrected chi connectivity index (χ2v) is 6.05. The lowest BCUT2D eigenvalue weighted by Crippen LogP contribution is -2.16. The highest BCUT2D eigenvalue weighted by Crippen LogP contribution is 2.27. The van der Waals surface area contributed by atoms with Crippen LogP contribution in [0, 0.1) is 5.82 Å². The summed E-state index contributed by atoms with van der Waals surface area (Å²) in [4.78, 5) is 31.6. The molecule has 4 aromatic rings. The van der Waals surface area contributed by atoms with Crippen LogP contribution < -0.4 is 5.73 Å². The van der Waals surface area contributed by atoms with Crippen molar-refractivity contribution >= 4 is 22.7 Å². The average molecular weight is 359 g/mol. The van der Waals surface area contributed by atoms with E-state index in [-0.39, 0.29) is 16.7 Å². The molecule has 0 aliphatic heterocycles. The van der Waals surface area contributed by atoms with E-state index in [4.69, 9.17) is 5.73 Å². The number of aromatic nitrogens is 2. The van der Waals surface area contributed by atoms with Crippen molar-refractivity contribution in [1.29, 1.82) is 0 Å². The fourth-order valence-electron chi connectivity index (χ4n) is 3.02. The van der Waals surface area contributed by atoms with Gasteiger partial charge in [-0.2, -0.15) is 0 Å². The van der Waals surface area contributed by atoms with Crippen LogP contribution in [-0.4, -0.2) is 21.7 Å². The summed E-state index contributed by atoms with van der Waals surface area (Å²) in [7, 11) is 0. The number of hydrogen-bond acceptors (Lipinski definition) is 3. The van der Waals surface area contributed by atoms with Crippen molar-refractivity contribution in [3.8, 4) is 11.1 Å². The molecule has 0 fully saturated rings. The van der Waals surface area contributed by atoms with Gasteiger partial charge in [-0.15, -0.1) is 0 Å². The minimum atomic E-state index is -0.922. The second-order valence-electron chi connectivity index (χ2n) is 6.05. The smallest absolute Gasteiger partial charge is 0.251 e. The summed E-state index contributed by atoms with van der Waals surface area (Å²) < 4.78 is 14.6. The Hall–Kier alpha value is -3.80. The molecule has 0 aliphatic carbocycles. The molecule has 27 heavy (non-hydrogen) atoms. The van der Waals surface area contributed by atoms with Crippen LogP contribution >= 0.6 is 0 Å². The Kier molecular flexibility index (Phi) is 4.01. The van der Waals surface area contributed by atoms with Crippen LogP contribution in [0.2, 0.25) is 0 Å². The van der Waals surface area contributed by atoms with Gasteiger partial charge in [0.2, 0.25) is 0 Å². The largest absolute Gasteiger partial charge is 0.366 e. The lowest BCUT2D eigenvalue weighted by Gasteiger charge is -2.06. The Morgan fingerprint density at radius 1 is 0.926 bits per heavy atom. The highest BCUT2D eigenvalue weighted by atomic mass is 19.1. The van der Waals surface area contributed by atoms with Crippen molar-refractivity contribution in [3.63, 3.8) is 0 Å². The lowest BCUT2D eigenvalue weighted by molar-refractivity contribution is 0.0996. The highest BCUT2D eigenvalue weighted by Gasteiger charge is 2.21. The van der Waals surface area contributed by atoms with Gasteiger partial charge in [0.1, 0.15) is 11.5 Å². The van der Waals surface area contributed by atoms with Crippen molar-refractivity contribution in [3.05, 3.63) is 89.5 Å². The fraction of sp³-hybridized carbons (Fsp3) is 0. The zero-order chi connectivity index (χ0) is 19.0. The van der Waals surface area contributed by atoms with Crippen molar-refractivity contribution in [1.82, 2.24) is 9.97 Å². The van der Waals surface area contributed by atoms with Crippen LogP contribution in [0.1, 0.15) is 26.3 Å². The molecule has 0 saturated carbocycles. The second kappa shape index (κ2) is 6.49. The minimum absolute atomic E-state index is 0.211. The first-order valence-corrected chi connectivity index (χ1v) is 8.22. The van der Waals surface area contributed by atoms with Gasteiger partial charge >= 0.3 is 0 Å². The zero-order valence-electron chi connectivity index (χ0n) is 14.1. The third kappa shape index (κ3) is 2.87. The van der Waals surface area contributed by atoms with Crippen molar-refractivity contribution in [2.75, 3.05) is 0 Å². The number of aromatic amines is 1. The van der Waals surface area contributed by atoms with Crippen LogP contribution in [-0.2, 0) is 0 Å². The quantitative estimate of drug-likeness (QED) is 0.545. The molecule has 0 unspecified atom stereocenters. The molecule has 0 spiro atoms. The first-order valence-electron chi connectivity index (χ1n) is 8.22. The van der Waals surface area contributed by atoms with E-state index in [1.807, 2.05) is 36.4 Å². The maximum Gasteiger partial charge on any atom is 0.251 e. The normalized spacial score (nSPS) is 10.9. The summed E-state index contributed by atoms with van der Waals surface area (Å²) in [6.45, 7) is 0. The maximum atomic E-state index is 14.6. The van der Waals surface area contributed by atoms with Gasteiger partial charge in [0, 0.05) is 28.9 Å². The Labute approximate surface area is 153 Å². The summed E-state index contributed by atoms with van der Waals surface area (Å²) >= 11 is 0. The number of hydrogen-bond donors (Lipinski definition) is 2. The van der Waals surface area contributed by atoms with Crippen molar-refractivity contribution < 1.29 is 14.0 Å². The summed E-state index contributed by atoms with van der Waals surface area (Å²) in [6, 6.07) is 15.4. The Balaban J connectivity index is 1.84. The van der Waals surface area contributed by atoms with E-state index in [1.165, 1.54) is 24.4 Å². The SMILES string of the molecule is NC(=O)c1cccc(C(=O)c2c[nH]c3ncc(-c4ccccc4)cc23)c1F. The molecule has 132 valence electrons. The monoisotopic (exact) mass is 359 g/mol. The average Bonchev–Trinajstić information content (AvgIpc) is 3.11. The van der Waals surface area contributed by atoms with E-state index in [1.54, 1.807) is 6.20 Å². The molecule has 2 aromatic heterocycles. The van der Waals surface area contributed by atoms with Gasteiger partial charge in [0.15, 0.2) is 5.78 Å². The van der Waals surface area contributed by atoms with E-state index in [9.17, 15) is 14.0 Å². The maximum absolute atomic E-state index is 14.6. The van der Waals surface area contributed by atoms with E-state index in [0.29, 0.717) is 11.0 Å². The number of nitrogens with zero attached hydrogens (tertiary/aromatic N) is 1. The molecule has 0 saturated heterocycles. The molecule has 0 bridgehead atoms. The number of primary amides is 1. The number of amides is 1. The number of fused-ring (bicyclic) bond motifs is 1. The fourth-order valence-corrected chi connectivity index (χ4v) is 3.02. The Morgan fingerprint density at radius 3 is 2.41 bits per heavy atom. The van der Waals surface area contributed by atoms with Crippen LogP contribution in [0.3, 0.4) is 0 Å². The van der Waals surface area contributed by atoms with Crippen molar-refractivity contribution in [2.24, 2.45) is 5.73 Å². The number of rotatable bonds is 4. The van der Waals surface area contributed by atoms with Crippen LogP contribution in [0.4, 0.5) is 4.39 Å². The number of nitrogens with two attached hydrogens (primary N) is 1. The van der Waals surface area contributed by atoms with Gasteiger partial charge in [-0.25, -0.2) is 9.37 Å². The van der Waals surface area contributed by atoms with E-state index < -0.39 is 17.5 Å². The number of ketones is 1. The molecule has 2 heterocycles. The van der Waals surface area contributed by atoms with Gasteiger partial charge in [0.25, 0.3) is 5.91 Å². The third-order valence-corrected chi connectivity index (χ3v) is 4.39. The van der Waals surface area contributed by atoms with E-state index in [2.05, 4.69) is 9.97 Å². The van der Waals surface area contributed by atoms with E-state index >= 15 is 0 Å². The van der Waals surface area contributed by atoms with Gasteiger partial charge in [-0.05, 0) is 23.8 Å². The molecule has 0 radical (unpaired) electrons. The van der Waals surface area contributed by atoms with Gasteiger partial charge in [-0.3, -0.25) is 9.59 Å². The third-order valence-electron chi connectivity index (χ3n) is 4.39. The first-order chi connectivity index (χ1) is 13.1. The number of benzene rings is 2. The molecule has 0 aliphatic rings. The number of carbonyl (C=O) groups excluding carboxylic acids is 2. The molecular formula is C21H14FN3O2. The first kappa shape index (κ1) is 16.7. The van der Waals surface area contributed by atoms with Crippen LogP contribution in [0.15, 0.2) is 67.0 Å². The summed E-state index contributed by atoms with van der Waals surface area (Å²) in [5.74, 6) is -2.39. The Morgan fingerprint density at radius 2 is 1.67 bits per heavy atom. The van der Waals surface area contributed by atoms with Crippen molar-refractivity contribution in [2.45, 2.75) is 0 Å².